The van der Waals surface area contributed by atoms with Crippen molar-refractivity contribution < 1.29 is 0 Å². The first-order valence-electron chi connectivity index (χ1n) is 9.03. The van der Waals surface area contributed by atoms with E-state index in [0.717, 1.165) is 5.69 Å². The molecule has 0 radical (unpaired) electrons. The van der Waals surface area contributed by atoms with Crippen molar-refractivity contribution in [3.05, 3.63) is 78.5 Å². The molecule has 0 atom stereocenters. The summed E-state index contributed by atoms with van der Waals surface area (Å²) < 4.78 is 0. The Morgan fingerprint density at radius 1 is 0.625 bits per heavy atom. The highest BCUT2D eigenvalue weighted by Gasteiger charge is 2.18. The summed E-state index contributed by atoms with van der Waals surface area (Å²) in [4.78, 5) is 5.05. The molecule has 0 amide bonds. The second kappa shape index (κ2) is 7.00. The minimum Gasteiger partial charge on any atom is -0.253 e. The van der Waals surface area contributed by atoms with Crippen LogP contribution >= 0.6 is 0 Å². The van der Waals surface area contributed by atoms with Gasteiger partial charge in [-0.3, -0.25) is 4.98 Å². The van der Waals surface area contributed by atoms with E-state index in [-0.39, 0.29) is 0 Å². The highest BCUT2D eigenvalue weighted by atomic mass is 14.7. The van der Waals surface area contributed by atoms with E-state index < -0.39 is 0 Å². The maximum Gasteiger partial charge on any atom is 0.0711 e. The fourth-order valence-corrected chi connectivity index (χ4v) is 3.71. The Morgan fingerprint density at radius 2 is 1.25 bits per heavy atom. The number of rotatable bonds is 3. The SMILES string of the molecule is c1ccc(-c2cc(-c3ccccc3)nc(C3CCCCC3)c2)cc1. The molecule has 1 aliphatic rings. The zero-order valence-electron chi connectivity index (χ0n) is 14.0. The van der Waals surface area contributed by atoms with Crippen molar-refractivity contribution in [3.8, 4) is 22.4 Å². The highest BCUT2D eigenvalue weighted by molar-refractivity contribution is 5.71. The van der Waals surface area contributed by atoms with Crippen LogP contribution in [0.1, 0.15) is 43.7 Å². The van der Waals surface area contributed by atoms with Crippen LogP contribution in [0.15, 0.2) is 72.8 Å². The minimum atomic E-state index is 0.616. The van der Waals surface area contributed by atoms with Crippen molar-refractivity contribution in [2.24, 2.45) is 0 Å². The number of hydrogen-bond donors (Lipinski definition) is 0. The van der Waals surface area contributed by atoms with Crippen LogP contribution in [0.5, 0.6) is 0 Å². The predicted octanol–water partition coefficient (Wildman–Crippen LogP) is 6.46. The lowest BCUT2D eigenvalue weighted by molar-refractivity contribution is 0.437. The molecule has 3 aromatic rings. The Bertz CT molecular complexity index is 729. The molecule has 24 heavy (non-hydrogen) atoms. The predicted molar refractivity (Wildman–Crippen MR) is 101 cm³/mol. The van der Waals surface area contributed by atoms with Crippen LogP contribution in [0, 0.1) is 0 Å². The molecule has 0 aliphatic heterocycles. The maximum atomic E-state index is 5.05. The van der Waals surface area contributed by atoms with Gasteiger partial charge < -0.3 is 0 Å². The summed E-state index contributed by atoms with van der Waals surface area (Å²) in [5.41, 5.74) is 6.12. The number of nitrogens with zero attached hydrogens (tertiary/aromatic N) is 1. The van der Waals surface area contributed by atoms with Crippen LogP contribution in [0.2, 0.25) is 0 Å². The minimum absolute atomic E-state index is 0.616. The average molecular weight is 313 g/mol. The van der Waals surface area contributed by atoms with Gasteiger partial charge in [-0.2, -0.15) is 0 Å². The number of benzene rings is 2. The Kier molecular flexibility index (Phi) is 4.42. The number of hydrogen-bond acceptors (Lipinski definition) is 1. The van der Waals surface area contributed by atoms with E-state index in [1.165, 1.54) is 54.5 Å². The molecule has 0 bridgehead atoms. The highest BCUT2D eigenvalue weighted by Crippen LogP contribution is 2.35. The van der Waals surface area contributed by atoms with Gasteiger partial charge in [0.1, 0.15) is 0 Å². The largest absolute Gasteiger partial charge is 0.253 e. The van der Waals surface area contributed by atoms with Gasteiger partial charge in [-0.1, -0.05) is 79.9 Å². The summed E-state index contributed by atoms with van der Waals surface area (Å²) in [5, 5.41) is 0. The Morgan fingerprint density at radius 3 is 1.92 bits per heavy atom. The smallest absolute Gasteiger partial charge is 0.0711 e. The summed E-state index contributed by atoms with van der Waals surface area (Å²) in [6.45, 7) is 0. The second-order valence-electron chi connectivity index (χ2n) is 6.73. The number of aromatic nitrogens is 1. The Balaban J connectivity index is 1.81. The van der Waals surface area contributed by atoms with Crippen LogP contribution in [0.4, 0.5) is 0 Å². The zero-order valence-corrected chi connectivity index (χ0v) is 14.0. The summed E-state index contributed by atoms with van der Waals surface area (Å²) >= 11 is 0. The van der Waals surface area contributed by atoms with E-state index in [0.29, 0.717) is 5.92 Å². The zero-order chi connectivity index (χ0) is 16.2. The summed E-state index contributed by atoms with van der Waals surface area (Å²) in [5.74, 6) is 0.616. The van der Waals surface area contributed by atoms with E-state index in [2.05, 4.69) is 72.8 Å². The van der Waals surface area contributed by atoms with Crippen molar-refractivity contribution in [3.63, 3.8) is 0 Å². The third-order valence-electron chi connectivity index (χ3n) is 5.05. The van der Waals surface area contributed by atoms with Gasteiger partial charge in [0.25, 0.3) is 0 Å². The van der Waals surface area contributed by atoms with Gasteiger partial charge >= 0.3 is 0 Å². The van der Waals surface area contributed by atoms with Crippen molar-refractivity contribution in [2.75, 3.05) is 0 Å². The van der Waals surface area contributed by atoms with E-state index >= 15 is 0 Å². The molecule has 4 rings (SSSR count). The number of pyridine rings is 1. The van der Waals surface area contributed by atoms with Crippen molar-refractivity contribution >= 4 is 0 Å². The average Bonchev–Trinajstić information content (AvgIpc) is 2.70. The van der Waals surface area contributed by atoms with E-state index in [4.69, 9.17) is 4.98 Å². The van der Waals surface area contributed by atoms with Gasteiger partial charge in [-0.25, -0.2) is 0 Å². The molecule has 1 saturated carbocycles. The van der Waals surface area contributed by atoms with Crippen LogP contribution in [-0.2, 0) is 0 Å². The molecule has 1 fully saturated rings. The lowest BCUT2D eigenvalue weighted by Gasteiger charge is -2.22. The van der Waals surface area contributed by atoms with E-state index in [1.54, 1.807) is 0 Å². The van der Waals surface area contributed by atoms with Gasteiger partial charge in [0.15, 0.2) is 0 Å². The molecule has 1 aliphatic carbocycles. The van der Waals surface area contributed by atoms with Crippen molar-refractivity contribution in [2.45, 2.75) is 38.0 Å². The molecular weight excluding hydrogens is 290 g/mol. The fourth-order valence-electron chi connectivity index (χ4n) is 3.71. The first-order chi connectivity index (χ1) is 11.9. The van der Waals surface area contributed by atoms with Crippen LogP contribution in [0.25, 0.3) is 22.4 Å². The first kappa shape index (κ1) is 15.1. The summed E-state index contributed by atoms with van der Waals surface area (Å²) in [6, 6.07) is 25.8. The van der Waals surface area contributed by atoms with Gasteiger partial charge in [0, 0.05) is 17.2 Å². The Hall–Kier alpha value is -2.41. The normalized spacial score (nSPS) is 15.3. The maximum absolute atomic E-state index is 5.05. The Labute approximate surface area is 144 Å². The van der Waals surface area contributed by atoms with Crippen molar-refractivity contribution in [1.82, 2.24) is 4.98 Å². The fraction of sp³-hybridized carbons (Fsp3) is 0.261. The van der Waals surface area contributed by atoms with Gasteiger partial charge in [0.05, 0.1) is 5.69 Å². The third kappa shape index (κ3) is 3.26. The molecule has 0 saturated heterocycles. The summed E-state index contributed by atoms with van der Waals surface area (Å²) in [6.07, 6.45) is 6.60. The van der Waals surface area contributed by atoms with Crippen LogP contribution < -0.4 is 0 Å². The quantitative estimate of drug-likeness (QED) is 0.540. The lowest BCUT2D eigenvalue weighted by Crippen LogP contribution is -2.07. The third-order valence-corrected chi connectivity index (χ3v) is 5.05. The molecule has 1 nitrogen and oxygen atoms in total. The van der Waals surface area contributed by atoms with E-state index in [1.807, 2.05) is 0 Å². The summed E-state index contributed by atoms with van der Waals surface area (Å²) in [7, 11) is 0. The van der Waals surface area contributed by atoms with E-state index in [9.17, 15) is 0 Å². The van der Waals surface area contributed by atoms with Gasteiger partial charge in [-0.15, -0.1) is 0 Å². The molecule has 2 aromatic carbocycles. The molecular formula is C23H23N. The standard InChI is InChI=1S/C23H23N/c1-4-10-18(11-5-1)21-16-22(19-12-6-2-7-13-19)24-23(17-21)20-14-8-3-9-15-20/h1-2,4-7,10-13,16-17,20H,3,8-9,14-15H2. The second-order valence-corrected chi connectivity index (χ2v) is 6.73. The van der Waals surface area contributed by atoms with Gasteiger partial charge in [0.2, 0.25) is 0 Å². The molecule has 0 N–H and O–H groups in total. The molecule has 1 heterocycles. The molecule has 0 spiro atoms. The van der Waals surface area contributed by atoms with Crippen LogP contribution in [0.3, 0.4) is 0 Å². The molecule has 120 valence electrons. The monoisotopic (exact) mass is 313 g/mol. The molecule has 1 heteroatoms. The molecule has 1 aromatic heterocycles. The van der Waals surface area contributed by atoms with Crippen LogP contribution in [-0.4, -0.2) is 4.98 Å². The van der Waals surface area contributed by atoms with Crippen molar-refractivity contribution in [1.29, 1.82) is 0 Å². The molecule has 0 unspecified atom stereocenters. The lowest BCUT2D eigenvalue weighted by atomic mass is 9.85. The first-order valence-corrected chi connectivity index (χ1v) is 9.03. The van der Waals surface area contributed by atoms with Gasteiger partial charge in [-0.05, 0) is 36.1 Å². The topological polar surface area (TPSA) is 12.9 Å².